The van der Waals surface area contributed by atoms with Gasteiger partial charge in [-0.1, -0.05) is 26.2 Å². The Morgan fingerprint density at radius 3 is 2.47 bits per heavy atom. The van der Waals surface area contributed by atoms with Crippen LogP contribution in [0.1, 0.15) is 51.3 Å². The lowest BCUT2D eigenvalue weighted by Gasteiger charge is -2.45. The predicted octanol–water partition coefficient (Wildman–Crippen LogP) is 2.35. The molecule has 19 heavy (non-hydrogen) atoms. The Labute approximate surface area is 116 Å². The highest BCUT2D eigenvalue weighted by atomic mass is 15.2. The molecule has 0 amide bonds. The molecular formula is C15H26N4. The highest BCUT2D eigenvalue weighted by Crippen LogP contribution is 2.33. The van der Waals surface area contributed by atoms with Gasteiger partial charge in [-0.2, -0.15) is 0 Å². The van der Waals surface area contributed by atoms with Gasteiger partial charge in [0.1, 0.15) is 5.82 Å². The molecule has 0 radical (unpaired) electrons. The fourth-order valence-corrected chi connectivity index (χ4v) is 3.20. The summed E-state index contributed by atoms with van der Waals surface area (Å²) in [4.78, 5) is 11.3. The molecule has 4 nitrogen and oxygen atoms in total. The van der Waals surface area contributed by atoms with Crippen molar-refractivity contribution >= 4 is 0 Å². The minimum absolute atomic E-state index is 0.174. The van der Waals surface area contributed by atoms with Gasteiger partial charge in [0.25, 0.3) is 0 Å². The summed E-state index contributed by atoms with van der Waals surface area (Å²) in [5.41, 5.74) is 6.31. The fourth-order valence-electron chi connectivity index (χ4n) is 3.20. The van der Waals surface area contributed by atoms with Gasteiger partial charge in [0.05, 0.1) is 6.54 Å². The van der Waals surface area contributed by atoms with E-state index in [1.165, 1.54) is 32.1 Å². The number of rotatable bonds is 6. The van der Waals surface area contributed by atoms with Gasteiger partial charge in [-0.15, -0.1) is 0 Å². The Kier molecular flexibility index (Phi) is 5.28. The number of nitrogens with two attached hydrogens (primary N) is 1. The molecule has 0 unspecified atom stereocenters. The average Bonchev–Trinajstić information content (AvgIpc) is 2.48. The second-order valence-corrected chi connectivity index (χ2v) is 5.58. The Morgan fingerprint density at radius 2 is 1.89 bits per heavy atom. The SMILES string of the molecule is CCCN(Cc1ncccn1)C1(CN)CCCCC1. The van der Waals surface area contributed by atoms with Gasteiger partial charge < -0.3 is 5.73 Å². The van der Waals surface area contributed by atoms with E-state index >= 15 is 0 Å². The molecule has 4 heteroatoms. The van der Waals surface area contributed by atoms with E-state index in [2.05, 4.69) is 21.8 Å². The third kappa shape index (κ3) is 3.51. The van der Waals surface area contributed by atoms with Crippen LogP contribution in [-0.4, -0.2) is 33.5 Å². The zero-order valence-corrected chi connectivity index (χ0v) is 12.0. The molecule has 2 rings (SSSR count). The van der Waals surface area contributed by atoms with E-state index < -0.39 is 0 Å². The standard InChI is InChI=1S/C15H26N4/c1-2-11-19(12-14-17-9-6-10-18-14)15(13-16)7-4-3-5-8-15/h6,9-10H,2-5,7-8,11-13,16H2,1H3. The molecule has 0 atom stereocenters. The molecule has 0 aliphatic heterocycles. The molecule has 1 heterocycles. The summed E-state index contributed by atoms with van der Waals surface area (Å²) in [6.45, 7) is 4.88. The van der Waals surface area contributed by atoms with Crippen molar-refractivity contribution < 1.29 is 0 Å². The highest BCUT2D eigenvalue weighted by molar-refractivity contribution is 4.97. The zero-order chi connectivity index (χ0) is 13.6. The van der Waals surface area contributed by atoms with Crippen LogP contribution in [-0.2, 0) is 6.54 Å². The first-order valence-corrected chi connectivity index (χ1v) is 7.52. The van der Waals surface area contributed by atoms with Crippen LogP contribution in [0.5, 0.6) is 0 Å². The molecule has 1 aliphatic carbocycles. The van der Waals surface area contributed by atoms with Gasteiger partial charge in [-0.3, -0.25) is 4.90 Å². The minimum atomic E-state index is 0.174. The van der Waals surface area contributed by atoms with Crippen LogP contribution in [0.25, 0.3) is 0 Å². The van der Waals surface area contributed by atoms with Crippen molar-refractivity contribution in [2.45, 2.75) is 57.5 Å². The van der Waals surface area contributed by atoms with Gasteiger partial charge in [-0.25, -0.2) is 9.97 Å². The monoisotopic (exact) mass is 262 g/mol. The summed E-state index contributed by atoms with van der Waals surface area (Å²) in [7, 11) is 0. The largest absolute Gasteiger partial charge is 0.329 e. The molecule has 0 aromatic carbocycles. The van der Waals surface area contributed by atoms with E-state index in [0.29, 0.717) is 0 Å². The summed E-state index contributed by atoms with van der Waals surface area (Å²) >= 11 is 0. The Morgan fingerprint density at radius 1 is 1.21 bits per heavy atom. The highest BCUT2D eigenvalue weighted by Gasteiger charge is 2.36. The Balaban J connectivity index is 2.13. The third-order valence-corrected chi connectivity index (χ3v) is 4.28. The van der Waals surface area contributed by atoms with E-state index in [-0.39, 0.29) is 5.54 Å². The number of aromatic nitrogens is 2. The van der Waals surface area contributed by atoms with Crippen LogP contribution in [0.4, 0.5) is 0 Å². The summed E-state index contributed by atoms with van der Waals surface area (Å²) in [6.07, 6.45) is 11.2. The van der Waals surface area contributed by atoms with Gasteiger partial charge in [0.2, 0.25) is 0 Å². The fraction of sp³-hybridized carbons (Fsp3) is 0.733. The van der Waals surface area contributed by atoms with Crippen molar-refractivity contribution in [2.24, 2.45) is 5.73 Å². The molecule has 1 aromatic rings. The summed E-state index contributed by atoms with van der Waals surface area (Å²) in [6, 6.07) is 1.87. The molecule has 1 aromatic heterocycles. The number of nitrogens with zero attached hydrogens (tertiary/aromatic N) is 3. The van der Waals surface area contributed by atoms with E-state index in [4.69, 9.17) is 5.73 Å². The van der Waals surface area contributed by atoms with Crippen molar-refractivity contribution in [3.8, 4) is 0 Å². The molecule has 0 spiro atoms. The molecule has 1 saturated carbocycles. The minimum Gasteiger partial charge on any atom is -0.329 e. The van der Waals surface area contributed by atoms with Crippen molar-refractivity contribution in [1.29, 1.82) is 0 Å². The van der Waals surface area contributed by atoms with Crippen molar-refractivity contribution in [3.05, 3.63) is 24.3 Å². The molecule has 1 fully saturated rings. The second-order valence-electron chi connectivity index (χ2n) is 5.58. The normalized spacial score (nSPS) is 18.7. The van der Waals surface area contributed by atoms with Crippen molar-refractivity contribution in [3.63, 3.8) is 0 Å². The number of hydrogen-bond acceptors (Lipinski definition) is 4. The van der Waals surface area contributed by atoms with E-state index in [0.717, 1.165) is 31.9 Å². The van der Waals surface area contributed by atoms with Gasteiger partial charge in [-0.05, 0) is 31.9 Å². The van der Waals surface area contributed by atoms with Gasteiger partial charge >= 0.3 is 0 Å². The molecule has 1 aliphatic rings. The van der Waals surface area contributed by atoms with Crippen LogP contribution < -0.4 is 5.73 Å². The summed E-state index contributed by atoms with van der Waals surface area (Å²) in [5, 5.41) is 0. The smallest absolute Gasteiger partial charge is 0.142 e. The quantitative estimate of drug-likeness (QED) is 0.855. The summed E-state index contributed by atoms with van der Waals surface area (Å²) in [5.74, 6) is 0.911. The van der Waals surface area contributed by atoms with Crippen LogP contribution in [0.15, 0.2) is 18.5 Å². The zero-order valence-electron chi connectivity index (χ0n) is 12.0. The first-order chi connectivity index (χ1) is 9.30. The van der Waals surface area contributed by atoms with Crippen molar-refractivity contribution in [1.82, 2.24) is 14.9 Å². The second kappa shape index (κ2) is 6.96. The Hall–Kier alpha value is -1.00. The lowest BCUT2D eigenvalue weighted by Crippen LogP contribution is -2.55. The average molecular weight is 262 g/mol. The Bertz CT molecular complexity index is 360. The van der Waals surface area contributed by atoms with E-state index in [9.17, 15) is 0 Å². The van der Waals surface area contributed by atoms with Gasteiger partial charge in [0, 0.05) is 24.5 Å². The molecular weight excluding hydrogens is 236 g/mol. The first kappa shape index (κ1) is 14.4. The van der Waals surface area contributed by atoms with Crippen LogP contribution >= 0.6 is 0 Å². The maximum atomic E-state index is 6.14. The van der Waals surface area contributed by atoms with Gasteiger partial charge in [0.15, 0.2) is 0 Å². The van der Waals surface area contributed by atoms with Crippen molar-refractivity contribution in [2.75, 3.05) is 13.1 Å². The summed E-state index contributed by atoms with van der Waals surface area (Å²) < 4.78 is 0. The maximum Gasteiger partial charge on any atom is 0.142 e. The third-order valence-electron chi connectivity index (χ3n) is 4.28. The van der Waals surface area contributed by atoms with E-state index in [1.54, 1.807) is 0 Å². The van der Waals surface area contributed by atoms with E-state index in [1.807, 2.05) is 18.5 Å². The molecule has 106 valence electrons. The predicted molar refractivity (Wildman–Crippen MR) is 77.6 cm³/mol. The molecule has 2 N–H and O–H groups in total. The lowest BCUT2D eigenvalue weighted by molar-refractivity contribution is 0.0472. The lowest BCUT2D eigenvalue weighted by atomic mass is 9.80. The first-order valence-electron chi connectivity index (χ1n) is 7.52. The molecule has 0 saturated heterocycles. The number of hydrogen-bond donors (Lipinski definition) is 1. The van der Waals surface area contributed by atoms with Crippen LogP contribution in [0.3, 0.4) is 0 Å². The topological polar surface area (TPSA) is 55.0 Å². The van der Waals surface area contributed by atoms with Crippen LogP contribution in [0.2, 0.25) is 0 Å². The molecule has 0 bridgehead atoms. The maximum absolute atomic E-state index is 6.14. The van der Waals surface area contributed by atoms with Crippen LogP contribution in [0, 0.1) is 0 Å².